The third-order valence-corrected chi connectivity index (χ3v) is 2.49. The monoisotopic (exact) mass is 291 g/mol. The lowest BCUT2D eigenvalue weighted by atomic mass is 9.98. The first-order chi connectivity index (χ1) is 8.79. The molecule has 0 aliphatic carbocycles. The average Bonchev–Trinajstić information content (AvgIpc) is 2.29. The minimum atomic E-state index is -4.70. The number of carbonyl (C=O) groups is 1. The maximum Gasteiger partial charge on any atom is 0.416 e. The molecule has 1 rings (SSSR count). The molecule has 19 heavy (non-hydrogen) atoms. The Kier molecular flexibility index (Phi) is 4.78. The van der Waals surface area contributed by atoms with E-state index in [1.54, 1.807) is 6.07 Å². The van der Waals surface area contributed by atoms with E-state index in [2.05, 4.69) is 4.74 Å². The van der Waals surface area contributed by atoms with Gasteiger partial charge in [-0.25, -0.2) is 0 Å². The number of nitriles is 1. The van der Waals surface area contributed by atoms with Crippen molar-refractivity contribution in [1.82, 2.24) is 0 Å². The number of halogens is 4. The molecule has 7 heteroatoms. The summed E-state index contributed by atoms with van der Waals surface area (Å²) in [6.45, 7) is 1.59. The summed E-state index contributed by atoms with van der Waals surface area (Å²) in [6.07, 6.45) is -5.32. The maximum atomic E-state index is 12.9. The SMILES string of the molecule is CCOC(=O)Cc1c(C#N)cc(Cl)cc1C(F)(F)F. The molecular weight excluding hydrogens is 283 g/mol. The highest BCUT2D eigenvalue weighted by Gasteiger charge is 2.35. The summed E-state index contributed by atoms with van der Waals surface area (Å²) in [5.41, 5.74) is -1.80. The van der Waals surface area contributed by atoms with Gasteiger partial charge in [-0.1, -0.05) is 11.6 Å². The number of esters is 1. The van der Waals surface area contributed by atoms with Crippen LogP contribution in [0.25, 0.3) is 0 Å². The van der Waals surface area contributed by atoms with E-state index >= 15 is 0 Å². The fourth-order valence-electron chi connectivity index (χ4n) is 1.54. The molecule has 0 spiro atoms. The van der Waals surface area contributed by atoms with Crippen LogP contribution in [0.1, 0.15) is 23.6 Å². The number of ether oxygens (including phenoxy) is 1. The minimum Gasteiger partial charge on any atom is -0.466 e. The normalized spacial score (nSPS) is 10.9. The summed E-state index contributed by atoms with van der Waals surface area (Å²) in [7, 11) is 0. The second kappa shape index (κ2) is 5.93. The van der Waals surface area contributed by atoms with Crippen LogP contribution in [0.15, 0.2) is 12.1 Å². The van der Waals surface area contributed by atoms with E-state index in [4.69, 9.17) is 16.9 Å². The number of hydrogen-bond acceptors (Lipinski definition) is 3. The topological polar surface area (TPSA) is 50.1 Å². The standard InChI is InChI=1S/C12H9ClF3NO2/c1-2-19-11(18)5-9-7(6-17)3-8(13)4-10(9)12(14,15)16/h3-4H,2,5H2,1H3. The van der Waals surface area contributed by atoms with Crippen molar-refractivity contribution in [3.05, 3.63) is 33.8 Å². The summed E-state index contributed by atoms with van der Waals surface area (Å²) in [5.74, 6) is -0.827. The van der Waals surface area contributed by atoms with Crippen LogP contribution in [-0.2, 0) is 22.1 Å². The smallest absolute Gasteiger partial charge is 0.416 e. The molecule has 1 aromatic rings. The van der Waals surface area contributed by atoms with E-state index in [-0.39, 0.29) is 17.2 Å². The predicted octanol–water partition coefficient (Wildman–Crippen LogP) is 3.34. The highest BCUT2D eigenvalue weighted by molar-refractivity contribution is 6.30. The van der Waals surface area contributed by atoms with Crippen molar-refractivity contribution < 1.29 is 22.7 Å². The second-order valence-electron chi connectivity index (χ2n) is 3.57. The van der Waals surface area contributed by atoms with Crippen LogP contribution in [0.2, 0.25) is 5.02 Å². The Morgan fingerprint density at radius 1 is 1.47 bits per heavy atom. The van der Waals surface area contributed by atoms with Gasteiger partial charge in [0.1, 0.15) is 0 Å². The van der Waals surface area contributed by atoms with Gasteiger partial charge in [-0.3, -0.25) is 4.79 Å². The highest BCUT2D eigenvalue weighted by atomic mass is 35.5. The van der Waals surface area contributed by atoms with Gasteiger partial charge in [-0.2, -0.15) is 18.4 Å². The molecule has 0 aliphatic rings. The number of alkyl halides is 3. The molecule has 0 saturated heterocycles. The molecule has 0 heterocycles. The van der Waals surface area contributed by atoms with E-state index in [1.807, 2.05) is 0 Å². The fraction of sp³-hybridized carbons (Fsp3) is 0.333. The quantitative estimate of drug-likeness (QED) is 0.803. The van der Waals surface area contributed by atoms with Gasteiger partial charge in [0.05, 0.1) is 30.2 Å². The van der Waals surface area contributed by atoms with Crippen molar-refractivity contribution in [3.63, 3.8) is 0 Å². The number of carbonyl (C=O) groups excluding carboxylic acids is 1. The van der Waals surface area contributed by atoms with Gasteiger partial charge in [0, 0.05) is 5.02 Å². The van der Waals surface area contributed by atoms with Crippen LogP contribution >= 0.6 is 11.6 Å². The van der Waals surface area contributed by atoms with Crippen LogP contribution in [0.5, 0.6) is 0 Å². The van der Waals surface area contributed by atoms with Gasteiger partial charge >= 0.3 is 12.1 Å². The van der Waals surface area contributed by atoms with Crippen LogP contribution in [-0.4, -0.2) is 12.6 Å². The number of hydrogen-bond donors (Lipinski definition) is 0. The van der Waals surface area contributed by atoms with Gasteiger partial charge in [-0.15, -0.1) is 0 Å². The van der Waals surface area contributed by atoms with Gasteiger partial charge in [0.15, 0.2) is 0 Å². The van der Waals surface area contributed by atoms with Gasteiger partial charge in [0.2, 0.25) is 0 Å². The molecule has 0 N–H and O–H groups in total. The van der Waals surface area contributed by atoms with E-state index in [1.165, 1.54) is 6.92 Å². The number of rotatable bonds is 3. The highest BCUT2D eigenvalue weighted by Crippen LogP contribution is 2.35. The molecule has 0 fully saturated rings. The van der Waals surface area contributed by atoms with Crippen molar-refractivity contribution in [3.8, 4) is 6.07 Å². The molecular formula is C12H9ClF3NO2. The molecule has 0 saturated carbocycles. The second-order valence-corrected chi connectivity index (χ2v) is 4.01. The lowest BCUT2D eigenvalue weighted by Gasteiger charge is -2.14. The van der Waals surface area contributed by atoms with Crippen molar-refractivity contribution in [2.75, 3.05) is 6.61 Å². The molecule has 102 valence electrons. The summed E-state index contributed by atoms with van der Waals surface area (Å²) in [5, 5.41) is 8.64. The Morgan fingerprint density at radius 3 is 2.58 bits per heavy atom. The third-order valence-electron chi connectivity index (χ3n) is 2.27. The summed E-state index contributed by atoms with van der Waals surface area (Å²) >= 11 is 5.54. The predicted molar refractivity (Wildman–Crippen MR) is 61.5 cm³/mol. The molecule has 0 unspecified atom stereocenters. The largest absolute Gasteiger partial charge is 0.466 e. The average molecular weight is 292 g/mol. The van der Waals surface area contributed by atoms with E-state index in [0.717, 1.165) is 6.07 Å². The first-order valence-corrected chi connectivity index (χ1v) is 5.62. The lowest BCUT2D eigenvalue weighted by Crippen LogP contribution is -2.16. The molecule has 0 radical (unpaired) electrons. The fourth-order valence-corrected chi connectivity index (χ4v) is 1.75. The van der Waals surface area contributed by atoms with Crippen molar-refractivity contribution >= 4 is 17.6 Å². The Morgan fingerprint density at radius 2 is 2.11 bits per heavy atom. The third kappa shape index (κ3) is 3.86. The number of benzene rings is 1. The zero-order chi connectivity index (χ0) is 14.6. The Hall–Kier alpha value is -1.74. The van der Waals surface area contributed by atoms with Crippen molar-refractivity contribution in [2.24, 2.45) is 0 Å². The summed E-state index contributed by atoms with van der Waals surface area (Å²) < 4.78 is 43.2. The molecule has 0 bridgehead atoms. The zero-order valence-corrected chi connectivity index (χ0v) is 10.6. The first-order valence-electron chi connectivity index (χ1n) is 5.25. The maximum absolute atomic E-state index is 12.9. The molecule has 0 aromatic heterocycles. The van der Waals surface area contributed by atoms with Crippen LogP contribution < -0.4 is 0 Å². The van der Waals surface area contributed by atoms with Crippen molar-refractivity contribution in [1.29, 1.82) is 5.26 Å². The molecule has 0 amide bonds. The lowest BCUT2D eigenvalue weighted by molar-refractivity contribution is -0.143. The minimum absolute atomic E-state index is 0.0513. The summed E-state index contributed by atoms with van der Waals surface area (Å²) in [6, 6.07) is 3.38. The van der Waals surface area contributed by atoms with Crippen LogP contribution in [0.3, 0.4) is 0 Å². The Labute approximate surface area is 112 Å². The molecule has 0 atom stereocenters. The van der Waals surface area contributed by atoms with E-state index in [9.17, 15) is 18.0 Å². The van der Waals surface area contributed by atoms with Crippen molar-refractivity contribution in [2.45, 2.75) is 19.5 Å². The number of nitrogens with zero attached hydrogens (tertiary/aromatic N) is 1. The van der Waals surface area contributed by atoms with Gasteiger partial charge in [-0.05, 0) is 24.6 Å². The van der Waals surface area contributed by atoms with Gasteiger partial charge < -0.3 is 4.74 Å². The first kappa shape index (κ1) is 15.3. The Bertz CT molecular complexity index is 535. The molecule has 1 aromatic carbocycles. The van der Waals surface area contributed by atoms with E-state index < -0.39 is 29.7 Å². The molecule has 3 nitrogen and oxygen atoms in total. The van der Waals surface area contributed by atoms with Gasteiger partial charge in [0.25, 0.3) is 0 Å². The summed E-state index contributed by atoms with van der Waals surface area (Å²) in [4.78, 5) is 11.3. The Balaban J connectivity index is 3.34. The van der Waals surface area contributed by atoms with Crippen LogP contribution in [0.4, 0.5) is 13.2 Å². The van der Waals surface area contributed by atoms with Crippen LogP contribution in [0, 0.1) is 11.3 Å². The van der Waals surface area contributed by atoms with E-state index in [0.29, 0.717) is 6.07 Å². The zero-order valence-electron chi connectivity index (χ0n) is 9.84. The molecule has 0 aliphatic heterocycles.